The zero-order chi connectivity index (χ0) is 22.5. The Hall–Kier alpha value is -3.02. The monoisotopic (exact) mass is 462 g/mol. The SMILES string of the molecule is CCc1ccc(/C=C2/Sc3ccccc3N(CC(=O)NCc3ccccc3Cl)C2=O)cc1. The molecule has 1 aliphatic rings. The number of carbonyl (C=O) groups excluding carboxylic acids is 2. The molecule has 0 bridgehead atoms. The van der Waals surface area contributed by atoms with Crippen LogP contribution in [0.1, 0.15) is 23.6 Å². The molecule has 1 aliphatic heterocycles. The van der Waals surface area contributed by atoms with Crippen molar-refractivity contribution in [1.29, 1.82) is 0 Å². The van der Waals surface area contributed by atoms with Gasteiger partial charge in [0.1, 0.15) is 6.54 Å². The Balaban J connectivity index is 1.54. The number of fused-ring (bicyclic) bond motifs is 1. The van der Waals surface area contributed by atoms with Crippen molar-refractivity contribution >= 4 is 46.9 Å². The highest BCUT2D eigenvalue weighted by molar-refractivity contribution is 8.04. The zero-order valence-corrected chi connectivity index (χ0v) is 19.2. The van der Waals surface area contributed by atoms with Crippen LogP contribution in [0.15, 0.2) is 82.6 Å². The summed E-state index contributed by atoms with van der Waals surface area (Å²) in [5, 5.41) is 3.47. The van der Waals surface area contributed by atoms with Crippen LogP contribution in [0.4, 0.5) is 5.69 Å². The Kier molecular flexibility index (Phi) is 6.98. The lowest BCUT2D eigenvalue weighted by atomic mass is 10.1. The summed E-state index contributed by atoms with van der Waals surface area (Å²) in [6.07, 6.45) is 2.85. The Morgan fingerprint density at radius 1 is 1.03 bits per heavy atom. The lowest BCUT2D eigenvalue weighted by molar-refractivity contribution is -0.122. The van der Waals surface area contributed by atoms with Crippen LogP contribution in [-0.4, -0.2) is 18.4 Å². The van der Waals surface area contributed by atoms with Crippen LogP contribution < -0.4 is 10.2 Å². The van der Waals surface area contributed by atoms with Gasteiger partial charge in [-0.1, -0.05) is 84.9 Å². The zero-order valence-electron chi connectivity index (χ0n) is 17.7. The molecule has 1 N–H and O–H groups in total. The number of nitrogens with one attached hydrogen (secondary N) is 1. The summed E-state index contributed by atoms with van der Waals surface area (Å²) in [7, 11) is 0. The number of aryl methyl sites for hydroxylation is 1. The smallest absolute Gasteiger partial charge is 0.265 e. The molecule has 0 radical (unpaired) electrons. The van der Waals surface area contributed by atoms with E-state index in [0.29, 0.717) is 16.5 Å². The number of para-hydroxylation sites is 1. The first-order valence-electron chi connectivity index (χ1n) is 10.4. The number of anilines is 1. The third-order valence-corrected chi connectivity index (χ3v) is 6.70. The minimum atomic E-state index is -0.244. The summed E-state index contributed by atoms with van der Waals surface area (Å²) < 4.78 is 0. The van der Waals surface area contributed by atoms with Crippen LogP contribution in [0.25, 0.3) is 6.08 Å². The number of hydrogen-bond acceptors (Lipinski definition) is 3. The van der Waals surface area contributed by atoms with E-state index in [1.807, 2.05) is 60.7 Å². The van der Waals surface area contributed by atoms with E-state index in [2.05, 4.69) is 24.4 Å². The molecule has 4 nitrogen and oxygen atoms in total. The molecule has 0 unspecified atom stereocenters. The van der Waals surface area contributed by atoms with Crippen molar-refractivity contribution in [2.24, 2.45) is 0 Å². The molecule has 2 amide bonds. The van der Waals surface area contributed by atoms with Gasteiger partial charge in [0.2, 0.25) is 5.91 Å². The van der Waals surface area contributed by atoms with Gasteiger partial charge in [-0.25, -0.2) is 0 Å². The first kappa shape index (κ1) is 22.2. The molecule has 6 heteroatoms. The first-order valence-corrected chi connectivity index (χ1v) is 11.6. The normalized spacial score (nSPS) is 14.4. The van der Waals surface area contributed by atoms with Crippen LogP contribution >= 0.6 is 23.4 Å². The Labute approximate surface area is 197 Å². The van der Waals surface area contributed by atoms with Crippen LogP contribution in [0.5, 0.6) is 0 Å². The highest BCUT2D eigenvalue weighted by atomic mass is 35.5. The second kappa shape index (κ2) is 10.1. The number of nitrogens with zero attached hydrogens (tertiary/aromatic N) is 1. The van der Waals surface area contributed by atoms with Gasteiger partial charge in [-0.3, -0.25) is 14.5 Å². The molecular formula is C26H23ClN2O2S. The number of hydrogen-bond donors (Lipinski definition) is 1. The van der Waals surface area contributed by atoms with Crippen LogP contribution in [0.3, 0.4) is 0 Å². The van der Waals surface area contributed by atoms with E-state index in [4.69, 9.17) is 11.6 Å². The highest BCUT2D eigenvalue weighted by Crippen LogP contribution is 2.41. The second-order valence-corrected chi connectivity index (χ2v) is 8.92. The lowest BCUT2D eigenvalue weighted by Crippen LogP contribution is -2.42. The molecule has 0 aliphatic carbocycles. The van der Waals surface area contributed by atoms with Crippen molar-refractivity contribution in [1.82, 2.24) is 5.32 Å². The van der Waals surface area contributed by atoms with Crippen LogP contribution in [0.2, 0.25) is 5.02 Å². The number of amides is 2. The molecule has 0 aromatic heterocycles. The summed E-state index contributed by atoms with van der Waals surface area (Å²) in [6, 6.07) is 23.2. The fraction of sp³-hybridized carbons (Fsp3) is 0.154. The molecule has 0 spiro atoms. The Morgan fingerprint density at radius 2 is 1.75 bits per heavy atom. The van der Waals surface area contributed by atoms with Crippen LogP contribution in [0, 0.1) is 0 Å². The van der Waals surface area contributed by atoms with E-state index in [0.717, 1.165) is 28.1 Å². The van der Waals surface area contributed by atoms with Crippen molar-refractivity contribution in [2.75, 3.05) is 11.4 Å². The van der Waals surface area contributed by atoms with E-state index in [-0.39, 0.29) is 18.4 Å². The lowest BCUT2D eigenvalue weighted by Gasteiger charge is -2.29. The molecule has 0 fully saturated rings. The average Bonchev–Trinajstić information content (AvgIpc) is 2.81. The minimum absolute atomic E-state index is 0.0625. The van der Waals surface area contributed by atoms with Gasteiger partial charge >= 0.3 is 0 Å². The fourth-order valence-corrected chi connectivity index (χ4v) is 4.72. The summed E-state index contributed by atoms with van der Waals surface area (Å²) in [5.41, 5.74) is 3.78. The minimum Gasteiger partial charge on any atom is -0.350 e. The Bertz CT molecular complexity index is 1170. The van der Waals surface area contributed by atoms with E-state index in [9.17, 15) is 9.59 Å². The number of carbonyl (C=O) groups is 2. The maximum absolute atomic E-state index is 13.3. The predicted molar refractivity (Wildman–Crippen MR) is 132 cm³/mol. The van der Waals surface area contributed by atoms with Crippen molar-refractivity contribution in [3.05, 3.63) is 99.4 Å². The average molecular weight is 463 g/mol. The van der Waals surface area contributed by atoms with Crippen LogP contribution in [-0.2, 0) is 22.6 Å². The summed E-state index contributed by atoms with van der Waals surface area (Å²) in [6.45, 7) is 2.36. The summed E-state index contributed by atoms with van der Waals surface area (Å²) >= 11 is 7.61. The van der Waals surface area contributed by atoms with Crippen molar-refractivity contribution in [3.63, 3.8) is 0 Å². The number of rotatable bonds is 6. The molecule has 162 valence electrons. The van der Waals surface area contributed by atoms with Gasteiger partial charge < -0.3 is 5.32 Å². The third-order valence-electron chi connectivity index (χ3n) is 5.25. The molecule has 0 saturated carbocycles. The molecule has 0 atom stereocenters. The molecule has 1 heterocycles. The van der Waals surface area contributed by atoms with Crippen molar-refractivity contribution in [2.45, 2.75) is 24.8 Å². The molecule has 3 aromatic rings. The highest BCUT2D eigenvalue weighted by Gasteiger charge is 2.30. The van der Waals surface area contributed by atoms with Crippen molar-refractivity contribution < 1.29 is 9.59 Å². The summed E-state index contributed by atoms with van der Waals surface area (Å²) in [5.74, 6) is -0.423. The van der Waals surface area contributed by atoms with Gasteiger partial charge in [0.15, 0.2) is 0 Å². The van der Waals surface area contributed by atoms with E-state index in [1.54, 1.807) is 11.0 Å². The van der Waals surface area contributed by atoms with Gasteiger partial charge in [0.25, 0.3) is 5.91 Å². The standard InChI is InChI=1S/C26H23ClN2O2S/c1-2-18-11-13-19(14-12-18)15-24-26(31)29(22-9-5-6-10-23(22)32-24)17-25(30)28-16-20-7-3-4-8-21(20)27/h3-15H,2,16-17H2,1H3,(H,28,30)/b24-15+. The largest absolute Gasteiger partial charge is 0.350 e. The van der Waals surface area contributed by atoms with E-state index in [1.165, 1.54) is 17.3 Å². The van der Waals surface area contributed by atoms with Gasteiger partial charge in [-0.2, -0.15) is 0 Å². The number of halogens is 1. The van der Waals surface area contributed by atoms with E-state index < -0.39 is 0 Å². The van der Waals surface area contributed by atoms with Gasteiger partial charge in [0, 0.05) is 16.5 Å². The quantitative estimate of drug-likeness (QED) is 0.478. The van der Waals surface area contributed by atoms with E-state index >= 15 is 0 Å². The summed E-state index contributed by atoms with van der Waals surface area (Å²) in [4.78, 5) is 29.1. The fourth-order valence-electron chi connectivity index (χ4n) is 3.46. The second-order valence-electron chi connectivity index (χ2n) is 7.43. The van der Waals surface area contributed by atoms with Gasteiger partial charge in [-0.15, -0.1) is 0 Å². The predicted octanol–water partition coefficient (Wildman–Crippen LogP) is 5.70. The molecule has 32 heavy (non-hydrogen) atoms. The third kappa shape index (κ3) is 5.06. The van der Waals surface area contributed by atoms with Gasteiger partial charge in [-0.05, 0) is 47.4 Å². The number of benzene rings is 3. The van der Waals surface area contributed by atoms with Crippen molar-refractivity contribution in [3.8, 4) is 0 Å². The topological polar surface area (TPSA) is 49.4 Å². The number of thioether (sulfide) groups is 1. The first-order chi connectivity index (χ1) is 15.5. The molecule has 4 rings (SSSR count). The Morgan fingerprint density at radius 3 is 2.50 bits per heavy atom. The maximum atomic E-state index is 13.3. The maximum Gasteiger partial charge on any atom is 0.265 e. The molecule has 3 aromatic carbocycles. The van der Waals surface area contributed by atoms with Gasteiger partial charge in [0.05, 0.1) is 10.6 Å². The molecule has 0 saturated heterocycles. The molecular weight excluding hydrogens is 440 g/mol.